The number of hydrogen-bond donors (Lipinski definition) is 1. The smallest absolute Gasteiger partial charge is 0.0818 e. The van der Waals surface area contributed by atoms with E-state index in [1.165, 1.54) is 0 Å². The highest BCUT2D eigenvalue weighted by molar-refractivity contribution is 5.15. The fraction of sp³-hybridized carbons (Fsp3) is 0.818. The van der Waals surface area contributed by atoms with Gasteiger partial charge in [0, 0.05) is 11.8 Å². The Hall–Kier alpha value is -0.340. The number of rotatable bonds is 1. The second-order valence-electron chi connectivity index (χ2n) is 4.37. The van der Waals surface area contributed by atoms with E-state index in [0.717, 1.165) is 6.42 Å². The highest BCUT2D eigenvalue weighted by Gasteiger charge is 2.51. The Balaban J connectivity index is 2.31. The van der Waals surface area contributed by atoms with Gasteiger partial charge in [-0.3, -0.25) is 0 Å². The topological polar surface area (TPSA) is 29.5 Å². The van der Waals surface area contributed by atoms with E-state index in [1.54, 1.807) is 0 Å². The van der Waals surface area contributed by atoms with Crippen LogP contribution in [0.25, 0.3) is 0 Å². The Bertz CT molecular complexity index is 216. The minimum absolute atomic E-state index is 0.131. The molecule has 0 aromatic rings. The number of hydrogen-bond acceptors (Lipinski definition) is 2. The van der Waals surface area contributed by atoms with Gasteiger partial charge in [-0.2, -0.15) is 0 Å². The predicted octanol–water partition coefficient (Wildman–Crippen LogP) is 1.74. The molecule has 2 heteroatoms. The zero-order valence-corrected chi connectivity index (χ0v) is 8.53. The lowest BCUT2D eigenvalue weighted by Gasteiger charge is -2.46. The van der Waals surface area contributed by atoms with Gasteiger partial charge in [0.15, 0.2) is 0 Å². The summed E-state index contributed by atoms with van der Waals surface area (Å²) in [6.07, 6.45) is 5.27. The van der Waals surface area contributed by atoms with Crippen molar-refractivity contribution in [3.8, 4) is 0 Å². The van der Waals surface area contributed by atoms with E-state index in [2.05, 4.69) is 32.9 Å². The normalized spacial score (nSPS) is 54.2. The minimum Gasteiger partial charge on any atom is -0.389 e. The third-order valence-electron chi connectivity index (χ3n) is 3.93. The van der Waals surface area contributed by atoms with Gasteiger partial charge in [-0.05, 0) is 6.42 Å². The van der Waals surface area contributed by atoms with Crippen LogP contribution in [-0.2, 0) is 4.74 Å². The summed E-state index contributed by atoms with van der Waals surface area (Å²) >= 11 is 0. The quantitative estimate of drug-likeness (QED) is 0.626. The Labute approximate surface area is 79.6 Å². The van der Waals surface area contributed by atoms with E-state index in [1.807, 2.05) is 0 Å². The summed E-state index contributed by atoms with van der Waals surface area (Å²) in [6, 6.07) is 0. The summed E-state index contributed by atoms with van der Waals surface area (Å²) in [5, 5.41) is 10.5. The molecule has 0 saturated carbocycles. The standard InChI is InChI=1S/C11H18O2/c1-4-11(12)7(2)9-5-6-10(13-9)8(11)3/h5-10,12H,4H2,1-3H3/t7-,8+,9+,10-,11-. The molecule has 2 aliphatic rings. The molecule has 13 heavy (non-hydrogen) atoms. The van der Waals surface area contributed by atoms with Gasteiger partial charge in [-0.1, -0.05) is 32.9 Å². The molecule has 0 spiro atoms. The summed E-state index contributed by atoms with van der Waals surface area (Å²) < 4.78 is 5.75. The van der Waals surface area contributed by atoms with Gasteiger partial charge in [0.25, 0.3) is 0 Å². The van der Waals surface area contributed by atoms with Crippen LogP contribution in [-0.4, -0.2) is 22.9 Å². The maximum absolute atomic E-state index is 10.5. The van der Waals surface area contributed by atoms with Gasteiger partial charge in [-0.15, -0.1) is 0 Å². The van der Waals surface area contributed by atoms with Crippen LogP contribution in [0.5, 0.6) is 0 Å². The fourth-order valence-corrected chi connectivity index (χ4v) is 2.69. The van der Waals surface area contributed by atoms with E-state index in [9.17, 15) is 5.11 Å². The van der Waals surface area contributed by atoms with Crippen LogP contribution in [0.15, 0.2) is 12.2 Å². The van der Waals surface area contributed by atoms with Crippen molar-refractivity contribution in [3.05, 3.63) is 12.2 Å². The molecule has 1 fully saturated rings. The molecule has 0 aromatic carbocycles. The average Bonchev–Trinajstić information content (AvgIpc) is 2.59. The highest BCUT2D eigenvalue weighted by atomic mass is 16.5. The van der Waals surface area contributed by atoms with Crippen LogP contribution >= 0.6 is 0 Å². The van der Waals surface area contributed by atoms with Crippen molar-refractivity contribution >= 4 is 0 Å². The van der Waals surface area contributed by atoms with Crippen molar-refractivity contribution in [3.63, 3.8) is 0 Å². The first-order valence-electron chi connectivity index (χ1n) is 5.15. The third kappa shape index (κ3) is 1.09. The molecule has 1 saturated heterocycles. The van der Waals surface area contributed by atoms with E-state index in [0.29, 0.717) is 0 Å². The van der Waals surface area contributed by atoms with E-state index in [-0.39, 0.29) is 24.0 Å². The van der Waals surface area contributed by atoms with Crippen molar-refractivity contribution < 1.29 is 9.84 Å². The Morgan fingerprint density at radius 3 is 2.08 bits per heavy atom. The molecule has 0 radical (unpaired) electrons. The molecule has 0 aliphatic carbocycles. The van der Waals surface area contributed by atoms with Crippen LogP contribution in [0, 0.1) is 11.8 Å². The van der Waals surface area contributed by atoms with Crippen molar-refractivity contribution in [1.82, 2.24) is 0 Å². The number of fused-ring (bicyclic) bond motifs is 2. The summed E-state index contributed by atoms with van der Waals surface area (Å²) in [7, 11) is 0. The Morgan fingerprint density at radius 1 is 1.23 bits per heavy atom. The number of aliphatic hydroxyl groups is 1. The Morgan fingerprint density at radius 2 is 1.69 bits per heavy atom. The second kappa shape index (κ2) is 2.82. The van der Waals surface area contributed by atoms with E-state index >= 15 is 0 Å². The largest absolute Gasteiger partial charge is 0.389 e. The molecule has 2 rings (SSSR count). The van der Waals surface area contributed by atoms with Gasteiger partial charge in [0.05, 0.1) is 17.8 Å². The molecular formula is C11H18O2. The van der Waals surface area contributed by atoms with Gasteiger partial charge in [-0.25, -0.2) is 0 Å². The monoisotopic (exact) mass is 182 g/mol. The molecule has 2 heterocycles. The molecule has 5 atom stereocenters. The fourth-order valence-electron chi connectivity index (χ4n) is 2.69. The lowest BCUT2D eigenvalue weighted by Crippen LogP contribution is -2.54. The molecule has 0 aromatic heterocycles. The molecule has 2 aliphatic heterocycles. The van der Waals surface area contributed by atoms with Crippen LogP contribution in [0.2, 0.25) is 0 Å². The summed E-state index contributed by atoms with van der Waals surface area (Å²) in [5.41, 5.74) is -0.545. The van der Waals surface area contributed by atoms with Crippen molar-refractivity contribution in [2.24, 2.45) is 11.8 Å². The lowest BCUT2D eigenvalue weighted by molar-refractivity contribution is -0.182. The molecule has 0 unspecified atom stereocenters. The van der Waals surface area contributed by atoms with E-state index < -0.39 is 5.60 Å². The van der Waals surface area contributed by atoms with Crippen molar-refractivity contribution in [2.45, 2.75) is 45.0 Å². The zero-order chi connectivity index (χ0) is 9.64. The predicted molar refractivity (Wildman–Crippen MR) is 51.4 cm³/mol. The summed E-state index contributed by atoms with van der Waals surface area (Å²) in [5.74, 6) is 0.421. The number of ether oxygens (including phenoxy) is 1. The second-order valence-corrected chi connectivity index (χ2v) is 4.37. The maximum Gasteiger partial charge on any atom is 0.0818 e. The molecular weight excluding hydrogens is 164 g/mol. The Kier molecular flexibility index (Phi) is 2.00. The first-order chi connectivity index (χ1) is 6.09. The van der Waals surface area contributed by atoms with Crippen molar-refractivity contribution in [2.75, 3.05) is 0 Å². The molecule has 0 amide bonds. The van der Waals surface area contributed by atoms with Crippen LogP contribution in [0.4, 0.5) is 0 Å². The molecule has 74 valence electrons. The zero-order valence-electron chi connectivity index (χ0n) is 8.53. The summed E-state index contributed by atoms with van der Waals surface area (Å²) in [6.45, 7) is 6.21. The van der Waals surface area contributed by atoms with Gasteiger partial charge < -0.3 is 9.84 Å². The lowest BCUT2D eigenvalue weighted by atomic mass is 9.72. The summed E-state index contributed by atoms with van der Waals surface area (Å²) in [4.78, 5) is 0. The van der Waals surface area contributed by atoms with E-state index in [4.69, 9.17) is 4.74 Å². The molecule has 2 bridgehead atoms. The van der Waals surface area contributed by atoms with Gasteiger partial charge in [0.2, 0.25) is 0 Å². The highest BCUT2D eigenvalue weighted by Crippen LogP contribution is 2.44. The first-order valence-corrected chi connectivity index (χ1v) is 5.15. The van der Waals surface area contributed by atoms with Gasteiger partial charge >= 0.3 is 0 Å². The van der Waals surface area contributed by atoms with Crippen LogP contribution < -0.4 is 0 Å². The van der Waals surface area contributed by atoms with Gasteiger partial charge in [0.1, 0.15) is 0 Å². The minimum atomic E-state index is -0.545. The van der Waals surface area contributed by atoms with Crippen LogP contribution in [0.3, 0.4) is 0 Å². The average molecular weight is 182 g/mol. The van der Waals surface area contributed by atoms with Crippen molar-refractivity contribution in [1.29, 1.82) is 0 Å². The third-order valence-corrected chi connectivity index (χ3v) is 3.93. The SMILES string of the molecule is CC[C@@]1(O)[C@H](C)[C@@H]2C=C[C@@H](O2)[C@@H]1C. The maximum atomic E-state index is 10.5. The molecule has 1 N–H and O–H groups in total. The van der Waals surface area contributed by atoms with Crippen LogP contribution in [0.1, 0.15) is 27.2 Å². The first kappa shape index (κ1) is 9.22. The molecule has 2 nitrogen and oxygen atoms in total.